The summed E-state index contributed by atoms with van der Waals surface area (Å²) in [6.45, 7) is 5.64. The number of benzene rings is 2. The number of amides is 2. The molecule has 4 heterocycles. The van der Waals surface area contributed by atoms with Crippen LogP contribution in [-0.2, 0) is 36.9 Å². The van der Waals surface area contributed by atoms with Gasteiger partial charge in [-0.3, -0.25) is 14.4 Å². The van der Waals surface area contributed by atoms with Crippen LogP contribution in [-0.4, -0.2) is 91.2 Å². The summed E-state index contributed by atoms with van der Waals surface area (Å²) in [5, 5.41) is 19.1. The molecule has 220 valence electrons. The Morgan fingerprint density at radius 2 is 2.00 bits per heavy atom. The highest BCUT2D eigenvalue weighted by Crippen LogP contribution is 2.59. The highest BCUT2D eigenvalue weighted by molar-refractivity contribution is 5.98. The summed E-state index contributed by atoms with van der Waals surface area (Å²) in [7, 11) is 0. The van der Waals surface area contributed by atoms with Crippen LogP contribution in [0.25, 0.3) is 11.0 Å². The predicted molar refractivity (Wildman–Crippen MR) is 152 cm³/mol. The summed E-state index contributed by atoms with van der Waals surface area (Å²) < 4.78 is 13.5. The number of aromatic nitrogens is 3. The number of aliphatic hydroxyl groups excluding tert-OH is 1. The lowest BCUT2D eigenvalue weighted by molar-refractivity contribution is -0.156. The highest BCUT2D eigenvalue weighted by Gasteiger charge is 2.75. The number of hydrogen-bond donors (Lipinski definition) is 1. The quantitative estimate of drug-likeness (QED) is 0.273. The molecule has 1 N–H and O–H groups in total. The third-order valence-corrected chi connectivity index (χ3v) is 8.84. The van der Waals surface area contributed by atoms with Crippen molar-refractivity contribution in [3.8, 4) is 0 Å². The third-order valence-electron chi connectivity index (χ3n) is 8.84. The molecule has 2 aromatic carbocycles. The van der Waals surface area contributed by atoms with Gasteiger partial charge in [-0.05, 0) is 43.9 Å². The number of esters is 1. The van der Waals surface area contributed by atoms with Crippen molar-refractivity contribution in [3.05, 3.63) is 72.8 Å². The maximum atomic E-state index is 14.7. The molecule has 3 aliphatic rings. The van der Waals surface area contributed by atoms with E-state index in [2.05, 4.69) is 16.9 Å². The van der Waals surface area contributed by atoms with Crippen molar-refractivity contribution in [2.75, 3.05) is 19.8 Å². The summed E-state index contributed by atoms with van der Waals surface area (Å²) in [5.74, 6) is -2.91. The predicted octanol–water partition coefficient (Wildman–Crippen LogP) is 1.94. The standard InChI is InChI=1S/C31H35N5O6/c1-3-16-34(19-35-23-13-9-8-12-22(23)32-33-35)29(39)27-31-15-14-24(42-31)25(30(40)41-4-2)26(31)28(38)36(27)21(18-37)17-20-10-6-5-7-11-20/h3,5-13,21,24-27,37H,1,4,14-19H2,2H3/t21-,24-,25+,26+,27?,31?/m1/s1. The molecule has 11 heteroatoms. The smallest absolute Gasteiger partial charge is 0.312 e. The van der Waals surface area contributed by atoms with E-state index in [1.807, 2.05) is 54.6 Å². The van der Waals surface area contributed by atoms with Crippen LogP contribution in [0.2, 0.25) is 0 Å². The number of carbonyl (C=O) groups is 3. The zero-order valence-corrected chi connectivity index (χ0v) is 23.5. The van der Waals surface area contributed by atoms with Gasteiger partial charge in [0, 0.05) is 6.54 Å². The second-order valence-corrected chi connectivity index (χ2v) is 11.1. The van der Waals surface area contributed by atoms with Gasteiger partial charge in [0.15, 0.2) is 0 Å². The van der Waals surface area contributed by atoms with Gasteiger partial charge in [-0.2, -0.15) is 0 Å². The average Bonchev–Trinajstić information content (AvgIpc) is 3.75. The Bertz CT molecular complexity index is 1490. The zero-order chi connectivity index (χ0) is 29.4. The molecule has 0 aliphatic carbocycles. The minimum Gasteiger partial charge on any atom is -0.466 e. The first kappa shape index (κ1) is 28.0. The van der Waals surface area contributed by atoms with Gasteiger partial charge in [0.25, 0.3) is 0 Å². The molecule has 6 atom stereocenters. The van der Waals surface area contributed by atoms with Crippen molar-refractivity contribution < 1.29 is 29.0 Å². The number of ether oxygens (including phenoxy) is 2. The second-order valence-electron chi connectivity index (χ2n) is 11.1. The molecule has 1 spiro atoms. The van der Waals surface area contributed by atoms with E-state index in [0.29, 0.717) is 24.8 Å². The SMILES string of the molecule is C=CCN(Cn1nnc2ccccc21)C(=O)C1N([C@@H](CO)Cc2ccccc2)C(=O)[C@@H]2[C@@H](C(=O)OCC)[C@H]3CCC12O3. The van der Waals surface area contributed by atoms with E-state index in [-0.39, 0.29) is 38.2 Å². The molecule has 2 unspecified atom stereocenters. The number of para-hydroxylation sites is 1. The van der Waals surface area contributed by atoms with Crippen LogP contribution < -0.4 is 0 Å². The molecular weight excluding hydrogens is 538 g/mol. The van der Waals surface area contributed by atoms with Crippen molar-refractivity contribution in [3.63, 3.8) is 0 Å². The molecule has 0 saturated carbocycles. The number of fused-ring (bicyclic) bond motifs is 2. The molecule has 0 radical (unpaired) electrons. The van der Waals surface area contributed by atoms with E-state index in [1.165, 1.54) is 4.90 Å². The third kappa shape index (κ3) is 4.47. The van der Waals surface area contributed by atoms with Gasteiger partial charge >= 0.3 is 5.97 Å². The monoisotopic (exact) mass is 573 g/mol. The average molecular weight is 574 g/mol. The van der Waals surface area contributed by atoms with Crippen LogP contribution in [0.3, 0.4) is 0 Å². The van der Waals surface area contributed by atoms with Gasteiger partial charge in [-0.1, -0.05) is 53.8 Å². The van der Waals surface area contributed by atoms with Crippen molar-refractivity contribution in [2.24, 2.45) is 11.8 Å². The maximum absolute atomic E-state index is 14.7. The number of hydrogen-bond acceptors (Lipinski definition) is 8. The van der Waals surface area contributed by atoms with E-state index >= 15 is 0 Å². The molecule has 11 nitrogen and oxygen atoms in total. The topological polar surface area (TPSA) is 127 Å². The molecule has 3 saturated heterocycles. The van der Waals surface area contributed by atoms with Crippen LogP contribution in [0.1, 0.15) is 25.3 Å². The zero-order valence-electron chi connectivity index (χ0n) is 23.5. The van der Waals surface area contributed by atoms with Crippen LogP contribution in [0.15, 0.2) is 67.3 Å². The lowest BCUT2D eigenvalue weighted by atomic mass is 9.70. The second kappa shape index (κ2) is 11.3. The molecule has 2 amide bonds. The van der Waals surface area contributed by atoms with Crippen molar-refractivity contribution in [2.45, 2.75) is 56.6 Å². The van der Waals surface area contributed by atoms with E-state index in [9.17, 15) is 19.5 Å². The lowest BCUT2D eigenvalue weighted by Gasteiger charge is -2.39. The van der Waals surface area contributed by atoms with Gasteiger partial charge in [0.2, 0.25) is 11.8 Å². The van der Waals surface area contributed by atoms with Gasteiger partial charge in [0.05, 0.1) is 42.7 Å². The van der Waals surface area contributed by atoms with Gasteiger partial charge in [-0.25, -0.2) is 4.68 Å². The number of likely N-dealkylation sites (tertiary alicyclic amines) is 1. The Morgan fingerprint density at radius 3 is 2.74 bits per heavy atom. The number of aliphatic hydroxyl groups is 1. The van der Waals surface area contributed by atoms with Crippen molar-refractivity contribution in [1.82, 2.24) is 24.8 Å². The molecule has 1 aromatic heterocycles. The summed E-state index contributed by atoms with van der Waals surface area (Å²) in [4.78, 5) is 45.3. The summed E-state index contributed by atoms with van der Waals surface area (Å²) >= 11 is 0. The van der Waals surface area contributed by atoms with Crippen LogP contribution in [0.5, 0.6) is 0 Å². The molecule has 2 bridgehead atoms. The number of rotatable bonds is 11. The minimum atomic E-state index is -1.22. The maximum Gasteiger partial charge on any atom is 0.312 e. The van der Waals surface area contributed by atoms with Crippen molar-refractivity contribution in [1.29, 1.82) is 0 Å². The van der Waals surface area contributed by atoms with Crippen LogP contribution in [0, 0.1) is 11.8 Å². The van der Waals surface area contributed by atoms with Gasteiger partial charge in [0.1, 0.15) is 23.8 Å². The molecule has 3 fully saturated rings. The summed E-state index contributed by atoms with van der Waals surface area (Å²) in [6.07, 6.45) is 2.41. The summed E-state index contributed by atoms with van der Waals surface area (Å²) in [5.41, 5.74) is 1.14. The van der Waals surface area contributed by atoms with E-state index in [1.54, 1.807) is 22.6 Å². The Morgan fingerprint density at radius 1 is 1.24 bits per heavy atom. The van der Waals surface area contributed by atoms with E-state index in [0.717, 1.165) is 11.1 Å². The van der Waals surface area contributed by atoms with Crippen LogP contribution >= 0.6 is 0 Å². The fraction of sp³-hybridized carbons (Fsp3) is 0.452. The number of carbonyl (C=O) groups excluding carboxylic acids is 3. The first-order valence-electron chi connectivity index (χ1n) is 14.4. The van der Waals surface area contributed by atoms with Crippen molar-refractivity contribution >= 4 is 28.8 Å². The summed E-state index contributed by atoms with van der Waals surface area (Å²) in [6, 6.07) is 15.2. The molecule has 3 aliphatic heterocycles. The van der Waals surface area contributed by atoms with E-state index < -0.39 is 41.6 Å². The molecule has 42 heavy (non-hydrogen) atoms. The Kier molecular flexibility index (Phi) is 7.54. The fourth-order valence-corrected chi connectivity index (χ4v) is 7.14. The first-order valence-corrected chi connectivity index (χ1v) is 14.4. The Hall–Kier alpha value is -4.09. The largest absolute Gasteiger partial charge is 0.466 e. The normalized spacial score (nSPS) is 26.8. The first-order chi connectivity index (χ1) is 20.4. The lowest BCUT2D eigenvalue weighted by Crippen LogP contribution is -2.59. The highest BCUT2D eigenvalue weighted by atomic mass is 16.6. The van der Waals surface area contributed by atoms with E-state index in [4.69, 9.17) is 9.47 Å². The van der Waals surface area contributed by atoms with Crippen LogP contribution in [0.4, 0.5) is 0 Å². The molecule has 3 aromatic rings. The van der Waals surface area contributed by atoms with Gasteiger partial charge in [-0.15, -0.1) is 11.7 Å². The number of nitrogens with zero attached hydrogens (tertiary/aromatic N) is 5. The Labute approximate surface area is 243 Å². The minimum absolute atomic E-state index is 0.0673. The van der Waals surface area contributed by atoms with Gasteiger partial charge < -0.3 is 24.4 Å². The fourth-order valence-electron chi connectivity index (χ4n) is 7.14. The Balaban J connectivity index is 1.41. The molecule has 6 rings (SSSR count). The molecular formula is C31H35N5O6.